The van der Waals surface area contributed by atoms with Crippen LogP contribution in [0.3, 0.4) is 0 Å². The van der Waals surface area contributed by atoms with Crippen molar-refractivity contribution < 1.29 is 5.11 Å². The third-order valence-electron chi connectivity index (χ3n) is 1.50. The van der Waals surface area contributed by atoms with Crippen molar-refractivity contribution in [1.82, 2.24) is 10.2 Å². The lowest BCUT2D eigenvalue weighted by atomic mass is 10.3. The summed E-state index contributed by atoms with van der Waals surface area (Å²) < 4.78 is 0. The van der Waals surface area contributed by atoms with E-state index in [1.165, 1.54) is 0 Å². The Labute approximate surface area is 63.0 Å². The van der Waals surface area contributed by atoms with E-state index in [0.29, 0.717) is 12.7 Å². The predicted octanol–water partition coefficient (Wildman–Crippen LogP) is -0.134. The van der Waals surface area contributed by atoms with E-state index in [1.54, 1.807) is 0 Å². The first kappa shape index (κ1) is 9.88. The molecule has 0 rings (SSSR count). The molecule has 3 nitrogen and oxygen atoms in total. The number of hydrogen-bond acceptors (Lipinski definition) is 3. The summed E-state index contributed by atoms with van der Waals surface area (Å²) in [7, 11) is 4.05. The van der Waals surface area contributed by atoms with Gasteiger partial charge < -0.3 is 5.11 Å². The molecule has 0 aromatic carbocycles. The summed E-state index contributed by atoms with van der Waals surface area (Å²) in [5.74, 6) is 0. The molecule has 3 heteroatoms. The highest BCUT2D eigenvalue weighted by molar-refractivity contribution is 4.59. The van der Waals surface area contributed by atoms with Crippen molar-refractivity contribution in [2.24, 2.45) is 0 Å². The zero-order valence-corrected chi connectivity index (χ0v) is 7.09. The van der Waals surface area contributed by atoms with Gasteiger partial charge in [-0.15, -0.1) is 0 Å². The molecule has 2 N–H and O–H groups in total. The fourth-order valence-electron chi connectivity index (χ4n) is 0.923. The summed E-state index contributed by atoms with van der Waals surface area (Å²) in [4.78, 5) is 2.11. The Morgan fingerprint density at radius 2 is 2.10 bits per heavy atom. The normalized spacial score (nSPS) is 14.1. The Morgan fingerprint density at radius 1 is 1.50 bits per heavy atom. The van der Waals surface area contributed by atoms with Crippen LogP contribution in [0.4, 0.5) is 0 Å². The van der Waals surface area contributed by atoms with Crippen molar-refractivity contribution >= 4 is 0 Å². The minimum atomic E-state index is 0.213. The molecule has 0 aliphatic rings. The highest BCUT2D eigenvalue weighted by Gasteiger charge is 2.05. The number of aliphatic hydroxyl groups excluding tert-OH is 1. The standard InChI is InChI=1S/C7H18N2O/c1-4-7(9(2)3)8-5-6-10/h7-8,10H,4-6H2,1-3H3. The maximum Gasteiger partial charge on any atom is 0.0590 e. The molecule has 0 amide bonds. The SMILES string of the molecule is CCC(NCCO)N(C)C. The molecule has 1 unspecified atom stereocenters. The van der Waals surface area contributed by atoms with Crippen molar-refractivity contribution in [3.63, 3.8) is 0 Å². The van der Waals surface area contributed by atoms with Crippen LogP contribution in [0.2, 0.25) is 0 Å². The first-order valence-corrected chi connectivity index (χ1v) is 3.73. The maximum absolute atomic E-state index is 8.51. The van der Waals surface area contributed by atoms with Crippen LogP contribution < -0.4 is 5.32 Å². The Bertz CT molecular complexity index is 76.0. The van der Waals surface area contributed by atoms with E-state index in [-0.39, 0.29) is 6.61 Å². The third kappa shape index (κ3) is 3.82. The van der Waals surface area contributed by atoms with Gasteiger partial charge >= 0.3 is 0 Å². The first-order chi connectivity index (χ1) is 4.72. The van der Waals surface area contributed by atoms with E-state index in [9.17, 15) is 0 Å². The zero-order valence-electron chi connectivity index (χ0n) is 7.09. The molecule has 0 spiro atoms. The Morgan fingerprint density at radius 3 is 2.40 bits per heavy atom. The van der Waals surface area contributed by atoms with E-state index < -0.39 is 0 Å². The van der Waals surface area contributed by atoms with Gasteiger partial charge in [0.25, 0.3) is 0 Å². The monoisotopic (exact) mass is 146 g/mol. The molecule has 0 aliphatic carbocycles. The molecule has 0 aromatic heterocycles. The molecule has 0 radical (unpaired) electrons. The van der Waals surface area contributed by atoms with Gasteiger partial charge in [-0.3, -0.25) is 10.2 Å². The molecule has 10 heavy (non-hydrogen) atoms. The quantitative estimate of drug-likeness (QED) is 0.530. The topological polar surface area (TPSA) is 35.5 Å². The summed E-state index contributed by atoms with van der Waals surface area (Å²) in [6.45, 7) is 3.01. The minimum Gasteiger partial charge on any atom is -0.395 e. The molecule has 0 fully saturated rings. The largest absolute Gasteiger partial charge is 0.395 e. The lowest BCUT2D eigenvalue weighted by molar-refractivity contribution is 0.213. The highest BCUT2D eigenvalue weighted by Crippen LogP contribution is 1.92. The van der Waals surface area contributed by atoms with E-state index in [4.69, 9.17) is 5.11 Å². The molecule has 0 saturated heterocycles. The molecule has 0 aliphatic heterocycles. The Hall–Kier alpha value is -0.120. The van der Waals surface area contributed by atoms with Crippen LogP contribution in [0.15, 0.2) is 0 Å². The second kappa shape index (κ2) is 5.65. The third-order valence-corrected chi connectivity index (χ3v) is 1.50. The summed E-state index contributed by atoms with van der Waals surface area (Å²) >= 11 is 0. The van der Waals surface area contributed by atoms with Crippen molar-refractivity contribution in [2.75, 3.05) is 27.2 Å². The minimum absolute atomic E-state index is 0.213. The Balaban J connectivity index is 3.40. The van der Waals surface area contributed by atoms with Gasteiger partial charge in [-0.1, -0.05) is 6.92 Å². The molecule has 62 valence electrons. The van der Waals surface area contributed by atoms with Gasteiger partial charge in [-0.05, 0) is 20.5 Å². The van der Waals surface area contributed by atoms with Crippen LogP contribution in [-0.4, -0.2) is 43.4 Å². The average molecular weight is 146 g/mol. The smallest absolute Gasteiger partial charge is 0.0590 e. The predicted molar refractivity (Wildman–Crippen MR) is 42.9 cm³/mol. The van der Waals surface area contributed by atoms with Crippen LogP contribution >= 0.6 is 0 Å². The Kier molecular flexibility index (Phi) is 5.58. The lowest BCUT2D eigenvalue weighted by Gasteiger charge is -2.23. The van der Waals surface area contributed by atoms with Gasteiger partial charge in [0, 0.05) is 6.54 Å². The van der Waals surface area contributed by atoms with Gasteiger partial charge in [0.15, 0.2) is 0 Å². The van der Waals surface area contributed by atoms with E-state index >= 15 is 0 Å². The van der Waals surface area contributed by atoms with Crippen LogP contribution in [-0.2, 0) is 0 Å². The van der Waals surface area contributed by atoms with Gasteiger partial charge in [0.1, 0.15) is 0 Å². The van der Waals surface area contributed by atoms with Gasteiger partial charge in [0.05, 0.1) is 12.8 Å². The first-order valence-electron chi connectivity index (χ1n) is 3.73. The lowest BCUT2D eigenvalue weighted by Crippen LogP contribution is -2.42. The molecule has 0 bridgehead atoms. The molecule has 1 atom stereocenters. The van der Waals surface area contributed by atoms with E-state index in [0.717, 1.165) is 6.42 Å². The fourth-order valence-corrected chi connectivity index (χ4v) is 0.923. The number of aliphatic hydroxyl groups is 1. The molecular weight excluding hydrogens is 128 g/mol. The second-order valence-electron chi connectivity index (χ2n) is 2.57. The molecule has 0 saturated carbocycles. The van der Waals surface area contributed by atoms with Gasteiger partial charge in [0.2, 0.25) is 0 Å². The summed E-state index contributed by atoms with van der Waals surface area (Å²) in [6, 6.07) is 0. The van der Waals surface area contributed by atoms with Crippen molar-refractivity contribution in [2.45, 2.75) is 19.5 Å². The van der Waals surface area contributed by atoms with Gasteiger partial charge in [-0.25, -0.2) is 0 Å². The van der Waals surface area contributed by atoms with Crippen LogP contribution in [0.25, 0.3) is 0 Å². The number of hydrogen-bond donors (Lipinski definition) is 2. The maximum atomic E-state index is 8.51. The van der Waals surface area contributed by atoms with Crippen molar-refractivity contribution in [3.8, 4) is 0 Å². The van der Waals surface area contributed by atoms with E-state index in [2.05, 4.69) is 17.1 Å². The number of nitrogens with zero attached hydrogens (tertiary/aromatic N) is 1. The number of rotatable bonds is 5. The number of nitrogens with one attached hydrogen (secondary N) is 1. The summed E-state index contributed by atoms with van der Waals surface area (Å²) in [5.41, 5.74) is 0. The zero-order chi connectivity index (χ0) is 7.98. The molecular formula is C7H18N2O. The molecule has 0 heterocycles. The fraction of sp³-hybridized carbons (Fsp3) is 1.00. The van der Waals surface area contributed by atoms with Crippen LogP contribution in [0, 0.1) is 0 Å². The van der Waals surface area contributed by atoms with Crippen molar-refractivity contribution in [3.05, 3.63) is 0 Å². The van der Waals surface area contributed by atoms with Crippen molar-refractivity contribution in [1.29, 1.82) is 0 Å². The second-order valence-corrected chi connectivity index (χ2v) is 2.57. The average Bonchev–Trinajstić information content (AvgIpc) is 1.89. The molecule has 0 aromatic rings. The highest BCUT2D eigenvalue weighted by atomic mass is 16.3. The van der Waals surface area contributed by atoms with E-state index in [1.807, 2.05) is 14.1 Å². The summed E-state index contributed by atoms with van der Waals surface area (Å²) in [5, 5.41) is 11.7. The van der Waals surface area contributed by atoms with Crippen LogP contribution in [0.5, 0.6) is 0 Å². The van der Waals surface area contributed by atoms with Gasteiger partial charge in [-0.2, -0.15) is 0 Å². The summed E-state index contributed by atoms with van der Waals surface area (Å²) in [6.07, 6.45) is 1.46. The van der Waals surface area contributed by atoms with Crippen LogP contribution in [0.1, 0.15) is 13.3 Å².